The molecule has 1 aliphatic rings. The van der Waals surface area contributed by atoms with Crippen molar-refractivity contribution < 1.29 is 42.4 Å². The van der Waals surface area contributed by atoms with Crippen molar-refractivity contribution in [2.75, 3.05) is 27.0 Å². The highest BCUT2D eigenvalue weighted by Gasteiger charge is 2.49. The van der Waals surface area contributed by atoms with Gasteiger partial charge >= 0.3 is 12.1 Å². The fourth-order valence-corrected chi connectivity index (χ4v) is 3.49. The average Bonchev–Trinajstić information content (AvgIpc) is 2.73. The van der Waals surface area contributed by atoms with E-state index in [0.29, 0.717) is 23.4 Å². The summed E-state index contributed by atoms with van der Waals surface area (Å²) in [4.78, 5) is 17.0. The number of hydrogen-bond acceptors (Lipinski definition) is 7. The van der Waals surface area contributed by atoms with Gasteiger partial charge in [-0.2, -0.15) is 13.2 Å². The average molecular weight is 510 g/mol. The van der Waals surface area contributed by atoms with Crippen molar-refractivity contribution in [1.82, 2.24) is 5.01 Å². The van der Waals surface area contributed by atoms with Crippen molar-refractivity contribution in [2.24, 2.45) is 5.28 Å². The van der Waals surface area contributed by atoms with Gasteiger partial charge in [-0.15, -0.1) is 5.01 Å². The number of hydrogen-bond donors (Lipinski definition) is 1. The van der Waals surface area contributed by atoms with Crippen LogP contribution in [0.25, 0.3) is 6.08 Å². The smallest absolute Gasteiger partial charge is 0.430 e. The molecule has 13 heteroatoms. The zero-order valence-corrected chi connectivity index (χ0v) is 19.9. The van der Waals surface area contributed by atoms with Gasteiger partial charge in [0.15, 0.2) is 0 Å². The summed E-state index contributed by atoms with van der Waals surface area (Å²) < 4.78 is 50.8. The van der Waals surface area contributed by atoms with E-state index >= 15 is 0 Å². The van der Waals surface area contributed by atoms with E-state index in [0.717, 1.165) is 11.1 Å². The Morgan fingerprint density at radius 3 is 2.59 bits per heavy atom. The Morgan fingerprint density at radius 2 is 2.00 bits per heavy atom. The van der Waals surface area contributed by atoms with Crippen LogP contribution in [-0.4, -0.2) is 60.3 Å². The Labute approximate surface area is 199 Å². The molecule has 2 rings (SSSR count). The van der Waals surface area contributed by atoms with E-state index in [1.165, 1.54) is 19.2 Å². The molecule has 0 saturated heterocycles. The van der Waals surface area contributed by atoms with Gasteiger partial charge in [0.05, 0.1) is 24.1 Å². The van der Waals surface area contributed by atoms with Crippen molar-refractivity contribution in [3.8, 4) is 5.75 Å². The van der Waals surface area contributed by atoms with Crippen LogP contribution in [-0.2, 0) is 19.8 Å². The lowest BCUT2D eigenvalue weighted by Gasteiger charge is -2.30. The summed E-state index contributed by atoms with van der Waals surface area (Å²) in [5, 5.41) is 25.0. The van der Waals surface area contributed by atoms with Crippen molar-refractivity contribution in [3.63, 3.8) is 0 Å². The van der Waals surface area contributed by atoms with Gasteiger partial charge < -0.3 is 24.6 Å². The predicted octanol–water partition coefficient (Wildman–Crippen LogP) is 4.36. The number of fused-ring (bicyclic) bond motifs is 1. The fraction of sp³-hybridized carbons (Fsp3) is 0.571. The third-order valence-electron chi connectivity index (χ3n) is 4.83. The van der Waals surface area contributed by atoms with Crippen LogP contribution in [0.1, 0.15) is 44.7 Å². The first-order valence-electron chi connectivity index (χ1n) is 10.3. The number of rotatable bonds is 9. The molecule has 0 fully saturated rings. The molecule has 0 radical (unpaired) electrons. The lowest BCUT2D eigenvalue weighted by molar-refractivity contribution is -0.706. The molecule has 1 aliphatic heterocycles. The second-order valence-electron chi connectivity index (χ2n) is 8.58. The summed E-state index contributed by atoms with van der Waals surface area (Å²) in [5.74, 6) is -1.42. The number of alkyl halides is 3. The van der Waals surface area contributed by atoms with Crippen LogP contribution in [0.2, 0.25) is 5.02 Å². The number of aliphatic hydroxyl groups excluding tert-OH is 1. The molecule has 190 valence electrons. The summed E-state index contributed by atoms with van der Waals surface area (Å²) in [5.41, 5.74) is -0.476. The molecule has 1 aromatic carbocycles. The van der Waals surface area contributed by atoms with E-state index in [4.69, 9.17) is 26.2 Å². The van der Waals surface area contributed by atoms with Gasteiger partial charge in [0.25, 0.3) is 6.79 Å². The number of carbonyl (C=O) groups is 1. The molecule has 1 N–H and O–H groups in total. The molecule has 0 amide bonds. The maximum absolute atomic E-state index is 13.7. The molecule has 0 bridgehead atoms. The van der Waals surface area contributed by atoms with Gasteiger partial charge in [0.2, 0.25) is 11.4 Å². The quantitative estimate of drug-likeness (QED) is 0.132. The minimum absolute atomic E-state index is 0.0246. The zero-order valence-electron chi connectivity index (χ0n) is 19.2. The summed E-state index contributed by atoms with van der Waals surface area (Å²) in [6.07, 6.45) is -5.46. The van der Waals surface area contributed by atoms with Crippen molar-refractivity contribution >= 4 is 23.6 Å². The molecule has 0 aliphatic carbocycles. The maximum atomic E-state index is 13.7. The molecule has 0 unspecified atom stereocenters. The first-order chi connectivity index (χ1) is 15.8. The number of carbonyl (C=O) groups excluding carboxylic acids is 1. The molecule has 1 atom stereocenters. The predicted molar refractivity (Wildman–Crippen MR) is 116 cm³/mol. The van der Waals surface area contributed by atoms with E-state index in [1.807, 2.05) is 20.8 Å². The fourth-order valence-electron chi connectivity index (χ4n) is 3.04. The Bertz CT molecular complexity index is 947. The number of esters is 1. The summed E-state index contributed by atoms with van der Waals surface area (Å²) in [6, 6.07) is 2.85. The molecular weight excluding hydrogens is 483 g/mol. The Hall–Kier alpha value is -2.73. The number of nitrogens with zero attached hydrogens (tertiary/aromatic N) is 3. The molecular formula is C21H27ClF3N3O6. The Balaban J connectivity index is 2.15. The van der Waals surface area contributed by atoms with Crippen LogP contribution in [0.15, 0.2) is 23.0 Å². The number of hydrazine groups is 1. The van der Waals surface area contributed by atoms with E-state index < -0.39 is 36.0 Å². The van der Waals surface area contributed by atoms with Crippen LogP contribution in [0.5, 0.6) is 5.75 Å². The van der Waals surface area contributed by atoms with E-state index in [2.05, 4.69) is 10.1 Å². The first-order valence-corrected chi connectivity index (χ1v) is 10.7. The van der Waals surface area contributed by atoms with Gasteiger partial charge in [-0.3, -0.25) is 0 Å². The topological polar surface area (TPSA) is 107 Å². The maximum Gasteiger partial charge on any atom is 0.430 e. The third kappa shape index (κ3) is 7.13. The number of halogens is 4. The number of aliphatic hydroxyl groups is 1. The first kappa shape index (κ1) is 27.5. The molecule has 1 aromatic rings. The molecule has 1 heterocycles. The molecule has 0 saturated carbocycles. The largest absolute Gasteiger partial charge is 0.569 e. The second kappa shape index (κ2) is 11.1. The van der Waals surface area contributed by atoms with Crippen LogP contribution >= 0.6 is 11.6 Å². The van der Waals surface area contributed by atoms with Gasteiger partial charge in [-0.1, -0.05) is 32.4 Å². The Kier molecular flexibility index (Phi) is 9.01. The van der Waals surface area contributed by atoms with Crippen LogP contribution < -0.4 is 4.74 Å². The van der Waals surface area contributed by atoms with Crippen LogP contribution in [0.3, 0.4) is 0 Å². The van der Waals surface area contributed by atoms with E-state index in [-0.39, 0.29) is 29.4 Å². The lowest BCUT2D eigenvalue weighted by atomic mass is 9.85. The summed E-state index contributed by atoms with van der Waals surface area (Å²) >= 11 is 6.29. The van der Waals surface area contributed by atoms with Gasteiger partial charge in [-0.25, -0.2) is 4.79 Å². The molecule has 34 heavy (non-hydrogen) atoms. The highest BCUT2D eigenvalue weighted by Crippen LogP contribution is 2.42. The number of benzene rings is 1. The monoisotopic (exact) mass is 509 g/mol. The van der Waals surface area contributed by atoms with Gasteiger partial charge in [-0.05, 0) is 42.0 Å². The minimum atomic E-state index is -4.90. The van der Waals surface area contributed by atoms with Gasteiger partial charge in [0, 0.05) is 17.2 Å². The van der Waals surface area contributed by atoms with E-state index in [9.17, 15) is 23.2 Å². The lowest BCUT2D eigenvalue weighted by Crippen LogP contribution is -2.41. The summed E-state index contributed by atoms with van der Waals surface area (Å²) in [7, 11) is 1.41. The highest BCUT2D eigenvalue weighted by atomic mass is 35.5. The molecule has 0 aromatic heterocycles. The van der Waals surface area contributed by atoms with Crippen LogP contribution in [0, 0.1) is 5.21 Å². The zero-order chi connectivity index (χ0) is 25.7. The minimum Gasteiger partial charge on any atom is -0.569 e. The van der Waals surface area contributed by atoms with Crippen LogP contribution in [0.4, 0.5) is 13.2 Å². The molecule has 0 spiro atoms. The second-order valence-corrected chi connectivity index (χ2v) is 8.99. The van der Waals surface area contributed by atoms with E-state index in [1.54, 1.807) is 0 Å². The number of unbranched alkanes of at least 4 members (excludes halogenated alkanes) is 1. The highest BCUT2D eigenvalue weighted by molar-refractivity contribution is 6.31. The number of ether oxygens (including phenoxy) is 2. The Morgan fingerprint density at radius 1 is 1.32 bits per heavy atom. The van der Waals surface area contributed by atoms with Crippen molar-refractivity contribution in [2.45, 2.75) is 51.3 Å². The normalized spacial score (nSPS) is 16.3. The standard InChI is InChI=1S/C21H27ClF3N3O6/c1-20(2,3)15-11-17-13(10-16(15)22)9-14(18(34-17)21(23,24)25)19(30)32-12-33-26-28(31)27(4)7-5-6-8-29/h9-11,18,29H,5-8,12H2,1-4H3/b28-26-/t18-/m0/s1. The van der Waals surface area contributed by atoms with Gasteiger partial charge in [0.1, 0.15) is 5.75 Å². The SMILES string of the molecule is CN(CCCCO)/[N+]([O-])=N/OCOC(=O)C1=Cc2cc(Cl)c(C(C)(C)C)cc2O[C@@H]1C(F)(F)F. The summed E-state index contributed by atoms with van der Waals surface area (Å²) in [6.45, 7) is 4.90. The molecule has 9 nitrogen and oxygen atoms in total. The van der Waals surface area contributed by atoms with Crippen molar-refractivity contribution in [1.29, 1.82) is 0 Å². The van der Waals surface area contributed by atoms with Crippen molar-refractivity contribution in [3.05, 3.63) is 39.1 Å². The third-order valence-corrected chi connectivity index (χ3v) is 5.14.